The number of nitrogens with one attached hydrogen (secondary N) is 2. The Morgan fingerprint density at radius 1 is 1.36 bits per heavy atom. The highest BCUT2D eigenvalue weighted by Crippen LogP contribution is 2.13. The summed E-state index contributed by atoms with van der Waals surface area (Å²) >= 11 is 0. The summed E-state index contributed by atoms with van der Waals surface area (Å²) in [5.41, 5.74) is 5.45. The fourth-order valence-corrected chi connectivity index (χ4v) is 2.29. The molecule has 0 saturated carbocycles. The van der Waals surface area contributed by atoms with Gasteiger partial charge in [0, 0.05) is 12.1 Å². The SMILES string of the molecule is NC(=O)COc1ccc(C(=O)N[C@H]2CNCCC[C@H]2O)cc1. The van der Waals surface area contributed by atoms with Crippen LogP contribution in [0.1, 0.15) is 23.2 Å². The maximum Gasteiger partial charge on any atom is 0.255 e. The van der Waals surface area contributed by atoms with Gasteiger partial charge in [0.05, 0.1) is 12.1 Å². The Hall–Kier alpha value is -2.12. The van der Waals surface area contributed by atoms with Crippen molar-refractivity contribution in [1.29, 1.82) is 0 Å². The summed E-state index contributed by atoms with van der Waals surface area (Å²) < 4.78 is 5.13. The molecule has 1 aromatic rings. The van der Waals surface area contributed by atoms with Crippen molar-refractivity contribution >= 4 is 11.8 Å². The minimum absolute atomic E-state index is 0.203. The highest BCUT2D eigenvalue weighted by Gasteiger charge is 2.23. The lowest BCUT2D eigenvalue weighted by atomic mass is 10.1. The van der Waals surface area contributed by atoms with E-state index in [4.69, 9.17) is 10.5 Å². The highest BCUT2D eigenvalue weighted by molar-refractivity contribution is 5.94. The van der Waals surface area contributed by atoms with Crippen LogP contribution in [0.5, 0.6) is 5.75 Å². The number of primary amides is 1. The van der Waals surface area contributed by atoms with E-state index in [1.807, 2.05) is 0 Å². The number of nitrogens with two attached hydrogens (primary N) is 1. The van der Waals surface area contributed by atoms with Crippen LogP contribution in [0.2, 0.25) is 0 Å². The summed E-state index contributed by atoms with van der Waals surface area (Å²) in [6, 6.07) is 6.09. The number of carbonyl (C=O) groups excluding carboxylic acids is 2. The van der Waals surface area contributed by atoms with Gasteiger partial charge in [0.1, 0.15) is 5.75 Å². The molecule has 0 radical (unpaired) electrons. The zero-order valence-corrected chi connectivity index (χ0v) is 12.2. The molecule has 5 N–H and O–H groups in total. The number of ether oxygens (including phenoxy) is 1. The largest absolute Gasteiger partial charge is 0.484 e. The Balaban J connectivity index is 1.92. The first kappa shape index (κ1) is 16.3. The van der Waals surface area contributed by atoms with Crippen molar-refractivity contribution < 1.29 is 19.4 Å². The fraction of sp³-hybridized carbons (Fsp3) is 0.467. The van der Waals surface area contributed by atoms with Crippen LogP contribution in [0.25, 0.3) is 0 Å². The van der Waals surface area contributed by atoms with Crippen molar-refractivity contribution in [1.82, 2.24) is 10.6 Å². The molecule has 2 rings (SSSR count). The lowest BCUT2D eigenvalue weighted by molar-refractivity contribution is -0.119. The van der Waals surface area contributed by atoms with Crippen molar-refractivity contribution in [2.24, 2.45) is 5.73 Å². The number of aliphatic hydroxyl groups is 1. The van der Waals surface area contributed by atoms with Crippen LogP contribution in [0.4, 0.5) is 0 Å². The summed E-state index contributed by atoms with van der Waals surface area (Å²) in [6.45, 7) is 1.19. The topological polar surface area (TPSA) is 114 Å². The molecule has 0 aromatic heterocycles. The van der Waals surface area contributed by atoms with Gasteiger partial charge in [0.2, 0.25) is 0 Å². The summed E-state index contributed by atoms with van der Waals surface area (Å²) in [4.78, 5) is 22.8. The molecule has 2 amide bonds. The average molecular weight is 307 g/mol. The van der Waals surface area contributed by atoms with Gasteiger partial charge in [-0.1, -0.05) is 0 Å². The second-order valence-electron chi connectivity index (χ2n) is 5.27. The molecule has 0 unspecified atom stereocenters. The van der Waals surface area contributed by atoms with Gasteiger partial charge >= 0.3 is 0 Å². The lowest BCUT2D eigenvalue weighted by Crippen LogP contribution is -2.47. The first-order valence-electron chi connectivity index (χ1n) is 7.27. The first-order valence-corrected chi connectivity index (χ1v) is 7.27. The third kappa shape index (κ3) is 4.71. The molecule has 1 saturated heterocycles. The van der Waals surface area contributed by atoms with E-state index >= 15 is 0 Å². The Morgan fingerprint density at radius 3 is 2.77 bits per heavy atom. The first-order chi connectivity index (χ1) is 10.6. The molecule has 0 bridgehead atoms. The Bertz CT molecular complexity index is 518. The smallest absolute Gasteiger partial charge is 0.255 e. The van der Waals surface area contributed by atoms with E-state index in [-0.39, 0.29) is 18.6 Å². The van der Waals surface area contributed by atoms with Crippen molar-refractivity contribution in [2.45, 2.75) is 25.0 Å². The maximum absolute atomic E-state index is 12.2. The van der Waals surface area contributed by atoms with Crippen molar-refractivity contribution in [2.75, 3.05) is 19.7 Å². The predicted octanol–water partition coefficient (Wildman–Crippen LogP) is -0.607. The summed E-state index contributed by atoms with van der Waals surface area (Å²) in [6.07, 6.45) is 1.01. The third-order valence-electron chi connectivity index (χ3n) is 3.50. The van der Waals surface area contributed by atoms with Gasteiger partial charge < -0.3 is 26.2 Å². The van der Waals surface area contributed by atoms with E-state index in [1.54, 1.807) is 24.3 Å². The van der Waals surface area contributed by atoms with E-state index < -0.39 is 12.0 Å². The number of aliphatic hydroxyl groups excluding tert-OH is 1. The zero-order chi connectivity index (χ0) is 15.9. The molecule has 2 atom stereocenters. The monoisotopic (exact) mass is 307 g/mol. The summed E-state index contributed by atoms with van der Waals surface area (Å²) in [7, 11) is 0. The molecule has 22 heavy (non-hydrogen) atoms. The molecule has 1 aliphatic heterocycles. The number of carbonyl (C=O) groups is 2. The lowest BCUT2D eigenvalue weighted by Gasteiger charge is -2.21. The van der Waals surface area contributed by atoms with Crippen LogP contribution in [-0.2, 0) is 4.79 Å². The number of hydrogen-bond acceptors (Lipinski definition) is 5. The van der Waals surface area contributed by atoms with Gasteiger partial charge in [-0.15, -0.1) is 0 Å². The van der Waals surface area contributed by atoms with Crippen LogP contribution in [-0.4, -0.2) is 48.8 Å². The molecular weight excluding hydrogens is 286 g/mol. The summed E-state index contributed by atoms with van der Waals surface area (Å²) in [5, 5.41) is 16.0. The number of rotatable bonds is 5. The van der Waals surface area contributed by atoms with Crippen LogP contribution < -0.4 is 21.1 Å². The van der Waals surface area contributed by atoms with Crippen molar-refractivity contribution in [3.63, 3.8) is 0 Å². The Kier molecular flexibility index (Phi) is 5.74. The predicted molar refractivity (Wildman–Crippen MR) is 80.5 cm³/mol. The molecule has 1 heterocycles. The standard InChI is InChI=1S/C15H21N3O4/c16-14(20)9-22-11-5-3-10(4-6-11)15(21)18-12-8-17-7-1-2-13(12)19/h3-6,12-13,17,19H,1-2,7-9H2,(H2,16,20)(H,18,21)/t12-,13+/m0/s1. The highest BCUT2D eigenvalue weighted by atomic mass is 16.5. The van der Waals surface area contributed by atoms with Gasteiger partial charge in [-0.05, 0) is 43.7 Å². The second-order valence-corrected chi connectivity index (χ2v) is 5.27. The molecule has 120 valence electrons. The van der Waals surface area contributed by atoms with Crippen molar-refractivity contribution in [3.8, 4) is 5.75 Å². The number of hydrogen-bond donors (Lipinski definition) is 4. The van der Waals surface area contributed by atoms with Gasteiger partial charge in [0.25, 0.3) is 11.8 Å². The molecule has 0 aliphatic carbocycles. The zero-order valence-electron chi connectivity index (χ0n) is 12.2. The fourth-order valence-electron chi connectivity index (χ4n) is 2.29. The average Bonchev–Trinajstić information content (AvgIpc) is 2.70. The normalized spacial score (nSPS) is 21.7. The summed E-state index contributed by atoms with van der Waals surface area (Å²) in [5.74, 6) is -0.350. The second kappa shape index (κ2) is 7.77. The van der Waals surface area contributed by atoms with E-state index in [2.05, 4.69) is 10.6 Å². The minimum Gasteiger partial charge on any atom is -0.484 e. The van der Waals surface area contributed by atoms with Crippen LogP contribution >= 0.6 is 0 Å². The minimum atomic E-state index is -0.559. The molecule has 7 nitrogen and oxygen atoms in total. The Morgan fingerprint density at radius 2 is 2.09 bits per heavy atom. The Labute approximate surface area is 128 Å². The van der Waals surface area contributed by atoms with E-state index in [0.29, 0.717) is 24.3 Å². The number of benzene rings is 1. The van der Waals surface area contributed by atoms with Gasteiger partial charge in [-0.25, -0.2) is 0 Å². The van der Waals surface area contributed by atoms with E-state index in [1.165, 1.54) is 0 Å². The molecule has 1 aliphatic rings. The van der Waals surface area contributed by atoms with Crippen LogP contribution in [0, 0.1) is 0 Å². The van der Waals surface area contributed by atoms with Gasteiger partial charge in [0.15, 0.2) is 6.61 Å². The third-order valence-corrected chi connectivity index (χ3v) is 3.50. The number of amides is 2. The molecule has 7 heteroatoms. The van der Waals surface area contributed by atoms with Crippen LogP contribution in [0.15, 0.2) is 24.3 Å². The van der Waals surface area contributed by atoms with Gasteiger partial charge in [-0.3, -0.25) is 9.59 Å². The molecule has 1 fully saturated rings. The van der Waals surface area contributed by atoms with Crippen molar-refractivity contribution in [3.05, 3.63) is 29.8 Å². The molecule has 0 spiro atoms. The maximum atomic E-state index is 12.2. The van der Waals surface area contributed by atoms with Gasteiger partial charge in [-0.2, -0.15) is 0 Å². The van der Waals surface area contributed by atoms with E-state index in [0.717, 1.165) is 13.0 Å². The molecular formula is C15H21N3O4. The van der Waals surface area contributed by atoms with Crippen LogP contribution in [0.3, 0.4) is 0 Å². The molecule has 1 aromatic carbocycles. The van der Waals surface area contributed by atoms with E-state index in [9.17, 15) is 14.7 Å². The quantitative estimate of drug-likeness (QED) is 0.580.